The smallest absolute Gasteiger partial charge is 0.243 e. The number of anilines is 1. The average molecular weight is 336 g/mol. The molecule has 0 saturated carbocycles. The largest absolute Gasteiger partial charge is 0.314 e. The Morgan fingerprint density at radius 3 is 2.13 bits per heavy atom. The minimum atomic E-state index is -3.85. The molecule has 1 amide bonds. The molecule has 0 atom stereocenters. The second kappa shape index (κ2) is 6.89. The monoisotopic (exact) mass is 336 g/mol. The number of amides is 1. The summed E-state index contributed by atoms with van der Waals surface area (Å²) in [7, 11) is -0.953. The zero-order valence-electron chi connectivity index (χ0n) is 12.8. The number of rotatable bonds is 5. The molecule has 0 spiro atoms. The fraction of sp³-hybridized carbons (Fsp3) is 0.188. The lowest BCUT2D eigenvalue weighted by molar-refractivity contribution is -0.118. The fourth-order valence-electron chi connectivity index (χ4n) is 1.96. The van der Waals surface area contributed by atoms with Gasteiger partial charge in [-0.3, -0.25) is 4.79 Å². The van der Waals surface area contributed by atoms with Crippen LogP contribution < -0.4 is 4.90 Å². The van der Waals surface area contributed by atoms with Gasteiger partial charge in [-0.2, -0.15) is 4.31 Å². The second-order valence-corrected chi connectivity index (χ2v) is 7.05. The molecule has 0 saturated heterocycles. The normalized spacial score (nSPS) is 11.5. The van der Waals surface area contributed by atoms with Crippen molar-refractivity contribution >= 4 is 21.6 Å². The van der Waals surface area contributed by atoms with Gasteiger partial charge in [0, 0.05) is 19.8 Å². The number of para-hydroxylation sites is 1. The lowest BCUT2D eigenvalue weighted by Gasteiger charge is -2.22. The molecule has 23 heavy (non-hydrogen) atoms. The molecule has 5 nitrogen and oxygen atoms in total. The van der Waals surface area contributed by atoms with E-state index in [4.69, 9.17) is 0 Å². The van der Waals surface area contributed by atoms with E-state index in [0.29, 0.717) is 5.69 Å². The first-order valence-corrected chi connectivity index (χ1v) is 8.30. The van der Waals surface area contributed by atoms with Crippen LogP contribution in [0.2, 0.25) is 0 Å². The predicted molar refractivity (Wildman–Crippen MR) is 86.1 cm³/mol. The Kier molecular flexibility index (Phi) is 5.12. The van der Waals surface area contributed by atoms with Gasteiger partial charge < -0.3 is 4.90 Å². The van der Waals surface area contributed by atoms with E-state index in [2.05, 4.69) is 0 Å². The maximum Gasteiger partial charge on any atom is 0.243 e. The molecule has 0 fully saturated rings. The highest BCUT2D eigenvalue weighted by molar-refractivity contribution is 7.89. The van der Waals surface area contributed by atoms with Gasteiger partial charge in [0.15, 0.2) is 0 Å². The minimum absolute atomic E-state index is 0.0587. The van der Waals surface area contributed by atoms with Crippen LogP contribution >= 0.6 is 0 Å². The van der Waals surface area contributed by atoms with Crippen LogP contribution in [0.3, 0.4) is 0 Å². The predicted octanol–water partition coefficient (Wildman–Crippen LogP) is 2.11. The molecular formula is C16H17FN2O3S. The lowest BCUT2D eigenvalue weighted by atomic mass is 10.3. The molecule has 2 aromatic carbocycles. The average Bonchev–Trinajstić information content (AvgIpc) is 2.55. The maximum absolute atomic E-state index is 12.9. The SMILES string of the molecule is CN(C(=O)CN(C)S(=O)(=O)c1ccc(F)cc1)c1ccccc1. The van der Waals surface area contributed by atoms with E-state index in [0.717, 1.165) is 16.4 Å². The summed E-state index contributed by atoms with van der Waals surface area (Å²) in [6, 6.07) is 13.4. The summed E-state index contributed by atoms with van der Waals surface area (Å²) in [6.07, 6.45) is 0. The van der Waals surface area contributed by atoms with Crippen LogP contribution in [0.1, 0.15) is 0 Å². The zero-order chi connectivity index (χ0) is 17.0. The number of sulfonamides is 1. The molecule has 0 heterocycles. The quantitative estimate of drug-likeness (QED) is 0.840. The van der Waals surface area contributed by atoms with Gasteiger partial charge in [0.05, 0.1) is 11.4 Å². The molecule has 0 aliphatic carbocycles. The molecule has 0 aliphatic heterocycles. The molecule has 0 aromatic heterocycles. The van der Waals surface area contributed by atoms with Crippen molar-refractivity contribution in [2.45, 2.75) is 4.90 Å². The van der Waals surface area contributed by atoms with Crippen LogP contribution in [0.15, 0.2) is 59.5 Å². The summed E-state index contributed by atoms with van der Waals surface area (Å²) < 4.78 is 38.6. The topological polar surface area (TPSA) is 57.7 Å². The molecule has 122 valence electrons. The van der Waals surface area contributed by atoms with Crippen molar-refractivity contribution in [1.29, 1.82) is 0 Å². The standard InChI is InChI=1S/C16H17FN2O3S/c1-18(23(21,22)15-10-8-13(17)9-11-15)12-16(20)19(2)14-6-4-3-5-7-14/h3-11H,12H2,1-2H3. The first-order valence-electron chi connectivity index (χ1n) is 6.86. The van der Waals surface area contributed by atoms with E-state index in [9.17, 15) is 17.6 Å². The van der Waals surface area contributed by atoms with Gasteiger partial charge in [-0.1, -0.05) is 18.2 Å². The van der Waals surface area contributed by atoms with Crippen LogP contribution in [0.25, 0.3) is 0 Å². The van der Waals surface area contributed by atoms with Gasteiger partial charge in [0.1, 0.15) is 5.82 Å². The van der Waals surface area contributed by atoms with E-state index in [1.54, 1.807) is 31.3 Å². The first kappa shape index (κ1) is 17.1. The van der Waals surface area contributed by atoms with Gasteiger partial charge in [0.25, 0.3) is 0 Å². The van der Waals surface area contributed by atoms with Crippen LogP contribution in [0.5, 0.6) is 0 Å². The Morgan fingerprint density at radius 2 is 1.57 bits per heavy atom. The van der Waals surface area contributed by atoms with Crippen LogP contribution in [0, 0.1) is 5.82 Å². The summed E-state index contributed by atoms with van der Waals surface area (Å²) in [4.78, 5) is 13.6. The number of halogens is 1. The maximum atomic E-state index is 12.9. The number of likely N-dealkylation sites (N-methyl/N-ethyl adjacent to an activating group) is 2. The number of carbonyl (C=O) groups is 1. The fourth-order valence-corrected chi connectivity index (χ4v) is 3.08. The van der Waals surface area contributed by atoms with E-state index < -0.39 is 15.8 Å². The number of carbonyl (C=O) groups excluding carboxylic acids is 1. The molecule has 0 aliphatic rings. The Labute approximate surface area is 135 Å². The Balaban J connectivity index is 2.13. The highest BCUT2D eigenvalue weighted by Crippen LogP contribution is 2.16. The van der Waals surface area contributed by atoms with Crippen LogP contribution in [-0.2, 0) is 14.8 Å². The lowest BCUT2D eigenvalue weighted by Crippen LogP contribution is -2.39. The van der Waals surface area contributed by atoms with Gasteiger partial charge in [-0.15, -0.1) is 0 Å². The highest BCUT2D eigenvalue weighted by atomic mass is 32.2. The molecule has 2 rings (SSSR count). The Bertz CT molecular complexity index is 777. The molecule has 0 unspecified atom stereocenters. The summed E-state index contributed by atoms with van der Waals surface area (Å²) in [5.41, 5.74) is 0.671. The zero-order valence-corrected chi connectivity index (χ0v) is 13.6. The number of hydrogen-bond donors (Lipinski definition) is 0. The van der Waals surface area contributed by atoms with Crippen molar-refractivity contribution in [2.24, 2.45) is 0 Å². The van der Waals surface area contributed by atoms with Crippen molar-refractivity contribution in [3.63, 3.8) is 0 Å². The number of nitrogens with zero attached hydrogens (tertiary/aromatic N) is 2. The van der Waals surface area contributed by atoms with Crippen molar-refractivity contribution in [2.75, 3.05) is 25.5 Å². The summed E-state index contributed by atoms with van der Waals surface area (Å²) >= 11 is 0. The molecule has 0 N–H and O–H groups in total. The third kappa shape index (κ3) is 3.94. The van der Waals surface area contributed by atoms with E-state index in [1.807, 2.05) is 6.07 Å². The molecule has 0 radical (unpaired) electrons. The van der Waals surface area contributed by atoms with Crippen LogP contribution in [-0.4, -0.2) is 39.3 Å². The van der Waals surface area contributed by atoms with Gasteiger partial charge in [-0.05, 0) is 36.4 Å². The molecular weight excluding hydrogens is 319 g/mol. The van der Waals surface area contributed by atoms with E-state index in [1.165, 1.54) is 24.1 Å². The molecule has 0 bridgehead atoms. The summed E-state index contributed by atoms with van der Waals surface area (Å²) in [5, 5.41) is 0. The molecule has 2 aromatic rings. The van der Waals surface area contributed by atoms with Gasteiger partial charge >= 0.3 is 0 Å². The van der Waals surface area contributed by atoms with Crippen molar-refractivity contribution in [1.82, 2.24) is 4.31 Å². The highest BCUT2D eigenvalue weighted by Gasteiger charge is 2.24. The summed E-state index contributed by atoms with van der Waals surface area (Å²) in [6.45, 7) is -0.314. The first-order chi connectivity index (χ1) is 10.8. The van der Waals surface area contributed by atoms with E-state index in [-0.39, 0.29) is 17.3 Å². The van der Waals surface area contributed by atoms with Crippen molar-refractivity contribution in [3.05, 3.63) is 60.4 Å². The third-order valence-corrected chi connectivity index (χ3v) is 5.21. The van der Waals surface area contributed by atoms with Crippen molar-refractivity contribution < 1.29 is 17.6 Å². The summed E-state index contributed by atoms with van der Waals surface area (Å²) in [5.74, 6) is -0.893. The molecule has 7 heteroatoms. The van der Waals surface area contributed by atoms with Gasteiger partial charge in [-0.25, -0.2) is 12.8 Å². The third-order valence-electron chi connectivity index (χ3n) is 3.40. The minimum Gasteiger partial charge on any atom is -0.314 e. The Morgan fingerprint density at radius 1 is 1.00 bits per heavy atom. The number of hydrogen-bond acceptors (Lipinski definition) is 3. The van der Waals surface area contributed by atoms with Gasteiger partial charge in [0.2, 0.25) is 15.9 Å². The second-order valence-electron chi connectivity index (χ2n) is 5.00. The Hall–Kier alpha value is -2.25. The van der Waals surface area contributed by atoms with Crippen molar-refractivity contribution in [3.8, 4) is 0 Å². The van der Waals surface area contributed by atoms with E-state index >= 15 is 0 Å². The van der Waals surface area contributed by atoms with Crippen LogP contribution in [0.4, 0.5) is 10.1 Å². The number of benzene rings is 2.